The van der Waals surface area contributed by atoms with Crippen LogP contribution in [0.15, 0.2) is 30.6 Å². The molecule has 1 aromatic carbocycles. The molecule has 0 saturated carbocycles. The van der Waals surface area contributed by atoms with E-state index in [1.807, 2.05) is 6.92 Å². The van der Waals surface area contributed by atoms with Crippen LogP contribution in [-0.4, -0.2) is 44.4 Å². The molecule has 2 amide bonds. The number of nitrogens with one attached hydrogen (secondary N) is 2. The Balaban J connectivity index is 1.47. The minimum Gasteiger partial charge on any atom is -0.361 e. The molecule has 1 atom stereocenters. The van der Waals surface area contributed by atoms with Crippen molar-refractivity contribution in [2.24, 2.45) is 0 Å². The maximum absolute atomic E-state index is 13.3. The van der Waals surface area contributed by atoms with Crippen LogP contribution in [0.4, 0.5) is 9.52 Å². The number of aromatic nitrogens is 2. The summed E-state index contributed by atoms with van der Waals surface area (Å²) in [4.78, 5) is 35.2. The highest BCUT2D eigenvalue weighted by atomic mass is 32.2. The summed E-state index contributed by atoms with van der Waals surface area (Å²) in [6.07, 6.45) is 3.58. The third-order valence-corrected chi connectivity index (χ3v) is 6.27. The number of rotatable bonds is 4. The van der Waals surface area contributed by atoms with Gasteiger partial charge in [0.1, 0.15) is 11.9 Å². The molecule has 4 rings (SSSR count). The standard InChI is InChI=1S/C18H17FN4O2S2/c1-10-6-21-18(27-10)22-17(25)15-8-26-9-23(15)16(24)4-11-7-20-14-5-12(19)2-3-13(11)14/h2-3,5-7,15,20H,4,8-9H2,1H3,(H,21,22,25). The van der Waals surface area contributed by atoms with Gasteiger partial charge in [0.05, 0.1) is 12.3 Å². The van der Waals surface area contributed by atoms with Crippen molar-refractivity contribution in [3.63, 3.8) is 0 Å². The Morgan fingerprint density at radius 1 is 1.44 bits per heavy atom. The number of aromatic amines is 1. The number of H-pyrrole nitrogens is 1. The van der Waals surface area contributed by atoms with Gasteiger partial charge in [0.15, 0.2) is 5.13 Å². The second kappa shape index (κ2) is 7.32. The average Bonchev–Trinajstić information content (AvgIpc) is 3.35. The summed E-state index contributed by atoms with van der Waals surface area (Å²) in [5.74, 6) is 0.364. The molecule has 1 saturated heterocycles. The summed E-state index contributed by atoms with van der Waals surface area (Å²) in [6, 6.07) is 3.93. The molecule has 2 N–H and O–H groups in total. The highest BCUT2D eigenvalue weighted by Crippen LogP contribution is 2.26. The Morgan fingerprint density at radius 2 is 2.30 bits per heavy atom. The third kappa shape index (κ3) is 3.70. The zero-order valence-electron chi connectivity index (χ0n) is 14.5. The first-order valence-electron chi connectivity index (χ1n) is 8.37. The molecule has 9 heteroatoms. The van der Waals surface area contributed by atoms with E-state index in [0.717, 1.165) is 15.8 Å². The SMILES string of the molecule is Cc1cnc(NC(=O)C2CSCN2C(=O)Cc2c[nH]c3cc(F)ccc23)s1. The Hall–Kier alpha value is -2.39. The van der Waals surface area contributed by atoms with Gasteiger partial charge in [-0.3, -0.25) is 9.59 Å². The first kappa shape index (κ1) is 18.0. The van der Waals surface area contributed by atoms with Crippen molar-refractivity contribution in [1.82, 2.24) is 14.9 Å². The summed E-state index contributed by atoms with van der Waals surface area (Å²) in [5, 5.41) is 4.16. The van der Waals surface area contributed by atoms with Crippen LogP contribution in [0.3, 0.4) is 0 Å². The number of carbonyl (C=O) groups excluding carboxylic acids is 2. The molecule has 1 unspecified atom stereocenters. The second-order valence-electron chi connectivity index (χ2n) is 6.33. The highest BCUT2D eigenvalue weighted by molar-refractivity contribution is 7.99. The quantitative estimate of drug-likeness (QED) is 0.700. The lowest BCUT2D eigenvalue weighted by molar-refractivity contribution is -0.135. The molecule has 1 aliphatic heterocycles. The van der Waals surface area contributed by atoms with Gasteiger partial charge in [0.2, 0.25) is 11.8 Å². The van der Waals surface area contributed by atoms with Gasteiger partial charge in [-0.2, -0.15) is 0 Å². The topological polar surface area (TPSA) is 78.1 Å². The van der Waals surface area contributed by atoms with Crippen LogP contribution in [0, 0.1) is 12.7 Å². The van der Waals surface area contributed by atoms with Crippen LogP contribution in [0.25, 0.3) is 10.9 Å². The lowest BCUT2D eigenvalue weighted by Gasteiger charge is -2.22. The molecule has 6 nitrogen and oxygen atoms in total. The normalized spacial score (nSPS) is 16.8. The summed E-state index contributed by atoms with van der Waals surface area (Å²) < 4.78 is 13.3. The average molecular weight is 404 g/mol. The van der Waals surface area contributed by atoms with Gasteiger partial charge in [-0.1, -0.05) is 0 Å². The number of anilines is 1. The summed E-state index contributed by atoms with van der Waals surface area (Å²) >= 11 is 2.95. The molecule has 0 spiro atoms. The summed E-state index contributed by atoms with van der Waals surface area (Å²) in [5.41, 5.74) is 1.45. The molecule has 0 bridgehead atoms. The van der Waals surface area contributed by atoms with E-state index in [4.69, 9.17) is 0 Å². The molecule has 1 aliphatic rings. The lowest BCUT2D eigenvalue weighted by atomic mass is 10.1. The van der Waals surface area contributed by atoms with Crippen molar-refractivity contribution in [1.29, 1.82) is 0 Å². The summed E-state index contributed by atoms with van der Waals surface area (Å²) in [6.45, 7) is 1.92. The molecule has 1 fully saturated rings. The third-order valence-electron chi connectivity index (χ3n) is 4.43. The van der Waals surface area contributed by atoms with Gasteiger partial charge >= 0.3 is 0 Å². The zero-order chi connectivity index (χ0) is 19.0. The van der Waals surface area contributed by atoms with Crippen LogP contribution in [0.1, 0.15) is 10.4 Å². The van der Waals surface area contributed by atoms with Crippen LogP contribution in [0.5, 0.6) is 0 Å². The van der Waals surface area contributed by atoms with Gasteiger partial charge in [-0.25, -0.2) is 9.37 Å². The molecule has 3 aromatic rings. The van der Waals surface area contributed by atoms with Crippen molar-refractivity contribution >= 4 is 50.9 Å². The molecule has 0 aliphatic carbocycles. The maximum atomic E-state index is 13.3. The number of benzene rings is 1. The lowest BCUT2D eigenvalue weighted by Crippen LogP contribution is -2.45. The smallest absolute Gasteiger partial charge is 0.249 e. The molecule has 0 radical (unpaired) electrons. The van der Waals surface area contributed by atoms with E-state index in [0.29, 0.717) is 22.3 Å². The van der Waals surface area contributed by atoms with Crippen LogP contribution >= 0.6 is 23.1 Å². The van der Waals surface area contributed by atoms with Crippen LogP contribution in [0.2, 0.25) is 0 Å². The van der Waals surface area contributed by atoms with Crippen LogP contribution < -0.4 is 5.32 Å². The minimum absolute atomic E-state index is 0.124. The van der Waals surface area contributed by atoms with Gasteiger partial charge in [0, 0.05) is 33.9 Å². The van der Waals surface area contributed by atoms with Crippen molar-refractivity contribution in [3.05, 3.63) is 46.9 Å². The number of hydrogen-bond donors (Lipinski definition) is 2. The van der Waals surface area contributed by atoms with Crippen molar-refractivity contribution in [2.75, 3.05) is 16.9 Å². The Bertz CT molecular complexity index is 1020. The number of aryl methyl sites for hydroxylation is 1. The fraction of sp³-hybridized carbons (Fsp3) is 0.278. The largest absolute Gasteiger partial charge is 0.361 e. The summed E-state index contributed by atoms with van der Waals surface area (Å²) in [7, 11) is 0. The number of fused-ring (bicyclic) bond motifs is 1. The zero-order valence-corrected chi connectivity index (χ0v) is 16.1. The van der Waals surface area contributed by atoms with Gasteiger partial charge in [0.25, 0.3) is 0 Å². The number of nitrogens with zero attached hydrogens (tertiary/aromatic N) is 2. The van der Waals surface area contributed by atoms with E-state index in [2.05, 4.69) is 15.3 Å². The number of hydrogen-bond acceptors (Lipinski definition) is 5. The number of halogens is 1. The van der Waals surface area contributed by atoms with Gasteiger partial charge < -0.3 is 15.2 Å². The monoisotopic (exact) mass is 404 g/mol. The molecular weight excluding hydrogens is 387 g/mol. The first-order valence-corrected chi connectivity index (χ1v) is 10.3. The fourth-order valence-corrected chi connectivity index (χ4v) is 4.92. The van der Waals surface area contributed by atoms with Gasteiger partial charge in [-0.15, -0.1) is 23.1 Å². The van der Waals surface area contributed by atoms with E-state index in [1.54, 1.807) is 35.1 Å². The molecule has 3 heterocycles. The van der Waals surface area contributed by atoms with E-state index in [1.165, 1.54) is 23.5 Å². The molecular formula is C18H17FN4O2S2. The minimum atomic E-state index is -0.519. The number of thioether (sulfide) groups is 1. The van der Waals surface area contributed by atoms with E-state index in [-0.39, 0.29) is 24.1 Å². The first-order chi connectivity index (χ1) is 13.0. The maximum Gasteiger partial charge on any atom is 0.249 e. The Kier molecular flexibility index (Phi) is 4.88. The van der Waals surface area contributed by atoms with Crippen molar-refractivity contribution in [2.45, 2.75) is 19.4 Å². The number of thiazole rings is 1. The highest BCUT2D eigenvalue weighted by Gasteiger charge is 2.35. The number of carbonyl (C=O) groups is 2. The second-order valence-corrected chi connectivity index (χ2v) is 8.56. The van der Waals surface area contributed by atoms with E-state index < -0.39 is 6.04 Å². The number of amides is 2. The molecule has 2 aromatic heterocycles. The van der Waals surface area contributed by atoms with E-state index in [9.17, 15) is 14.0 Å². The fourth-order valence-electron chi connectivity index (χ4n) is 3.08. The molecule has 27 heavy (non-hydrogen) atoms. The van der Waals surface area contributed by atoms with Crippen LogP contribution in [-0.2, 0) is 16.0 Å². The van der Waals surface area contributed by atoms with Crippen molar-refractivity contribution in [3.8, 4) is 0 Å². The molecule has 140 valence electrons. The van der Waals surface area contributed by atoms with Gasteiger partial charge in [-0.05, 0) is 30.7 Å². The Morgan fingerprint density at radius 3 is 3.07 bits per heavy atom. The van der Waals surface area contributed by atoms with Crippen molar-refractivity contribution < 1.29 is 14.0 Å². The predicted molar refractivity (Wildman–Crippen MR) is 105 cm³/mol. The van der Waals surface area contributed by atoms with E-state index >= 15 is 0 Å². The predicted octanol–water partition coefficient (Wildman–Crippen LogP) is 3.15. The Labute approximate surface area is 163 Å².